The maximum absolute atomic E-state index is 5.57. The van der Waals surface area contributed by atoms with E-state index in [1.54, 1.807) is 6.26 Å². The topological polar surface area (TPSA) is 22.4 Å². The highest BCUT2D eigenvalue weighted by molar-refractivity contribution is 5.83. The van der Waals surface area contributed by atoms with Gasteiger partial charge in [0.25, 0.3) is 0 Å². The molecule has 0 aliphatic heterocycles. The molecule has 2 rings (SSSR count). The Balaban J connectivity index is 2.37. The van der Waals surface area contributed by atoms with Gasteiger partial charge >= 0.3 is 0 Å². The van der Waals surface area contributed by atoms with Gasteiger partial charge in [-0.3, -0.25) is 0 Å². The van der Waals surface area contributed by atoms with E-state index in [1.165, 1.54) is 0 Å². The predicted octanol–water partition coefficient (Wildman–Crippen LogP) is 3.22. The Bertz CT molecular complexity index is 390. The number of benzene rings is 1. The van der Waals surface area contributed by atoms with Crippen molar-refractivity contribution in [3.63, 3.8) is 0 Å². The lowest BCUT2D eigenvalue weighted by molar-refractivity contribution is 0.321. The summed E-state index contributed by atoms with van der Waals surface area (Å²) in [6.45, 7) is 2.85. The molecule has 0 amide bonds. The fourth-order valence-electron chi connectivity index (χ4n) is 1.30. The molecule has 0 saturated carbocycles. The monoisotopic (exact) mass is 176 g/mol. The molecule has 0 spiro atoms. The van der Waals surface area contributed by atoms with Gasteiger partial charge in [0.15, 0.2) is 0 Å². The van der Waals surface area contributed by atoms with E-state index in [2.05, 4.69) is 6.92 Å². The molecule has 13 heavy (non-hydrogen) atoms. The Morgan fingerprint density at radius 2 is 2.23 bits per heavy atom. The van der Waals surface area contributed by atoms with E-state index in [0.29, 0.717) is 0 Å². The Hall–Kier alpha value is -1.44. The summed E-state index contributed by atoms with van der Waals surface area (Å²) in [5, 5.41) is 1.05. The number of rotatable bonds is 3. The van der Waals surface area contributed by atoms with Crippen LogP contribution in [0.5, 0.6) is 5.75 Å². The van der Waals surface area contributed by atoms with E-state index in [0.717, 1.165) is 29.7 Å². The van der Waals surface area contributed by atoms with Crippen LogP contribution >= 0.6 is 0 Å². The van der Waals surface area contributed by atoms with Crippen molar-refractivity contribution in [2.75, 3.05) is 6.61 Å². The van der Waals surface area contributed by atoms with Crippen molar-refractivity contribution in [1.82, 2.24) is 0 Å². The molecular weight excluding hydrogens is 164 g/mol. The van der Waals surface area contributed by atoms with Crippen LogP contribution in [0.2, 0.25) is 0 Å². The number of hydrogen-bond acceptors (Lipinski definition) is 2. The van der Waals surface area contributed by atoms with Gasteiger partial charge in [0.2, 0.25) is 0 Å². The summed E-state index contributed by atoms with van der Waals surface area (Å²) in [4.78, 5) is 0. The van der Waals surface area contributed by atoms with Gasteiger partial charge in [-0.1, -0.05) is 13.0 Å². The Morgan fingerprint density at radius 1 is 1.31 bits per heavy atom. The molecule has 2 heteroatoms. The lowest BCUT2D eigenvalue weighted by Gasteiger charge is -2.04. The highest BCUT2D eigenvalue weighted by atomic mass is 16.5. The second kappa shape index (κ2) is 3.52. The van der Waals surface area contributed by atoms with Crippen LogP contribution in [0.3, 0.4) is 0 Å². The molecule has 0 aliphatic carbocycles. The van der Waals surface area contributed by atoms with Gasteiger partial charge in [0, 0.05) is 0 Å². The number of ether oxygens (including phenoxy) is 1. The summed E-state index contributed by atoms with van der Waals surface area (Å²) in [6.07, 6.45) is 2.71. The molecule has 1 aromatic heterocycles. The zero-order chi connectivity index (χ0) is 9.10. The summed E-state index contributed by atoms with van der Waals surface area (Å²) in [6, 6.07) is 7.78. The van der Waals surface area contributed by atoms with Gasteiger partial charge in [-0.2, -0.15) is 0 Å². The van der Waals surface area contributed by atoms with Crippen LogP contribution in [0.4, 0.5) is 0 Å². The number of fused-ring (bicyclic) bond motifs is 1. The van der Waals surface area contributed by atoms with Gasteiger partial charge in [-0.05, 0) is 24.6 Å². The Kier molecular flexibility index (Phi) is 2.21. The van der Waals surface area contributed by atoms with E-state index in [-0.39, 0.29) is 0 Å². The molecule has 2 aromatic rings. The third kappa shape index (κ3) is 1.52. The lowest BCUT2D eigenvalue weighted by Crippen LogP contribution is -1.94. The zero-order valence-corrected chi connectivity index (χ0v) is 7.62. The molecule has 0 radical (unpaired) electrons. The molecule has 0 bridgehead atoms. The zero-order valence-electron chi connectivity index (χ0n) is 7.62. The molecule has 0 N–H and O–H groups in total. The predicted molar refractivity (Wildman–Crippen MR) is 52.0 cm³/mol. The maximum Gasteiger partial charge on any atom is 0.137 e. The molecule has 0 atom stereocenters. The molecule has 2 nitrogen and oxygen atoms in total. The lowest BCUT2D eigenvalue weighted by atomic mass is 10.2. The third-order valence-electron chi connectivity index (χ3n) is 1.92. The van der Waals surface area contributed by atoms with Gasteiger partial charge in [0.1, 0.15) is 11.3 Å². The van der Waals surface area contributed by atoms with Crippen molar-refractivity contribution in [2.45, 2.75) is 13.3 Å². The Morgan fingerprint density at radius 3 is 3.08 bits per heavy atom. The molecule has 0 aliphatic rings. The molecule has 1 aromatic carbocycles. The minimum Gasteiger partial charge on any atom is -0.493 e. The summed E-state index contributed by atoms with van der Waals surface area (Å²) in [5.41, 5.74) is 0.883. The van der Waals surface area contributed by atoms with E-state index in [9.17, 15) is 0 Å². The van der Waals surface area contributed by atoms with Crippen LogP contribution in [0.25, 0.3) is 11.0 Å². The summed E-state index contributed by atoms with van der Waals surface area (Å²) >= 11 is 0. The quantitative estimate of drug-likeness (QED) is 0.716. The van der Waals surface area contributed by atoms with Crippen LogP contribution in [0.1, 0.15) is 13.3 Å². The van der Waals surface area contributed by atoms with Crippen molar-refractivity contribution in [3.8, 4) is 5.75 Å². The van der Waals surface area contributed by atoms with Crippen molar-refractivity contribution >= 4 is 11.0 Å². The van der Waals surface area contributed by atoms with Gasteiger partial charge in [0.05, 0.1) is 18.3 Å². The van der Waals surface area contributed by atoms with Crippen LogP contribution in [0.15, 0.2) is 34.9 Å². The summed E-state index contributed by atoms with van der Waals surface area (Å²) in [7, 11) is 0. The summed E-state index contributed by atoms with van der Waals surface area (Å²) in [5.74, 6) is 0.910. The molecule has 0 saturated heterocycles. The number of furan rings is 1. The SMILES string of the molecule is CCCOc1cccc2occc12. The second-order valence-electron chi connectivity index (χ2n) is 2.94. The highest BCUT2D eigenvalue weighted by Gasteiger charge is 2.02. The maximum atomic E-state index is 5.57. The normalized spacial score (nSPS) is 10.5. The van der Waals surface area contributed by atoms with Crippen molar-refractivity contribution in [1.29, 1.82) is 0 Å². The smallest absolute Gasteiger partial charge is 0.137 e. The molecular formula is C11H12O2. The highest BCUT2D eigenvalue weighted by Crippen LogP contribution is 2.26. The van der Waals surface area contributed by atoms with Crippen LogP contribution < -0.4 is 4.74 Å². The fraction of sp³-hybridized carbons (Fsp3) is 0.273. The molecule has 1 heterocycles. The van der Waals surface area contributed by atoms with E-state index < -0.39 is 0 Å². The minimum absolute atomic E-state index is 0.754. The van der Waals surface area contributed by atoms with Crippen molar-refractivity contribution in [2.24, 2.45) is 0 Å². The Labute approximate surface area is 77.1 Å². The summed E-state index contributed by atoms with van der Waals surface area (Å²) < 4.78 is 10.8. The second-order valence-corrected chi connectivity index (χ2v) is 2.94. The largest absolute Gasteiger partial charge is 0.493 e. The van der Waals surface area contributed by atoms with Gasteiger partial charge < -0.3 is 9.15 Å². The molecule has 68 valence electrons. The van der Waals surface area contributed by atoms with Gasteiger partial charge in [-0.15, -0.1) is 0 Å². The average molecular weight is 176 g/mol. The van der Waals surface area contributed by atoms with Crippen LogP contribution in [0, 0.1) is 0 Å². The first-order valence-electron chi connectivity index (χ1n) is 4.51. The van der Waals surface area contributed by atoms with Gasteiger partial charge in [-0.25, -0.2) is 0 Å². The molecule has 0 unspecified atom stereocenters. The first kappa shape index (κ1) is 8.17. The molecule has 0 fully saturated rings. The van der Waals surface area contributed by atoms with Crippen LogP contribution in [-0.4, -0.2) is 6.61 Å². The van der Waals surface area contributed by atoms with Crippen molar-refractivity contribution < 1.29 is 9.15 Å². The standard InChI is InChI=1S/C11H12O2/c1-2-7-12-10-4-3-5-11-9(10)6-8-13-11/h3-6,8H,2,7H2,1H3. The van der Waals surface area contributed by atoms with E-state index >= 15 is 0 Å². The van der Waals surface area contributed by atoms with E-state index in [1.807, 2.05) is 24.3 Å². The minimum atomic E-state index is 0.754. The van der Waals surface area contributed by atoms with Crippen molar-refractivity contribution in [3.05, 3.63) is 30.5 Å². The average Bonchev–Trinajstić information content (AvgIpc) is 2.62. The fourth-order valence-corrected chi connectivity index (χ4v) is 1.30. The first-order valence-corrected chi connectivity index (χ1v) is 4.51. The third-order valence-corrected chi connectivity index (χ3v) is 1.92. The first-order chi connectivity index (χ1) is 6.42. The van der Waals surface area contributed by atoms with Crippen LogP contribution in [-0.2, 0) is 0 Å². The van der Waals surface area contributed by atoms with E-state index in [4.69, 9.17) is 9.15 Å². The number of hydrogen-bond donors (Lipinski definition) is 0.